The molecule has 0 amide bonds. The number of hydrogen-bond acceptors (Lipinski definition) is 4. The van der Waals surface area contributed by atoms with E-state index in [0.29, 0.717) is 6.04 Å². The molecule has 18 heavy (non-hydrogen) atoms. The topological polar surface area (TPSA) is 47.3 Å². The van der Waals surface area contributed by atoms with E-state index in [4.69, 9.17) is 9.26 Å². The van der Waals surface area contributed by atoms with Crippen molar-refractivity contribution in [2.24, 2.45) is 0 Å². The Balaban J connectivity index is 1.78. The van der Waals surface area contributed by atoms with Gasteiger partial charge in [-0.05, 0) is 25.0 Å². The van der Waals surface area contributed by atoms with Crippen molar-refractivity contribution < 1.29 is 9.26 Å². The van der Waals surface area contributed by atoms with Crippen LogP contribution in [0.2, 0.25) is 0 Å². The highest BCUT2D eigenvalue weighted by molar-refractivity contribution is 5.65. The molecule has 1 heterocycles. The van der Waals surface area contributed by atoms with Gasteiger partial charge in [0.2, 0.25) is 0 Å². The van der Waals surface area contributed by atoms with E-state index in [1.807, 2.05) is 30.3 Å². The Labute approximate surface area is 106 Å². The average molecular weight is 244 g/mol. The summed E-state index contributed by atoms with van der Waals surface area (Å²) in [5.74, 6) is 1.55. The van der Waals surface area contributed by atoms with Gasteiger partial charge in [-0.15, -0.1) is 0 Å². The minimum atomic E-state index is 0.677. The Morgan fingerprint density at radius 3 is 3.00 bits per heavy atom. The summed E-state index contributed by atoms with van der Waals surface area (Å²) in [5, 5.41) is 7.49. The summed E-state index contributed by atoms with van der Waals surface area (Å²) >= 11 is 0. The largest absolute Gasteiger partial charge is 0.496 e. The number of benzene rings is 1. The van der Waals surface area contributed by atoms with Crippen LogP contribution < -0.4 is 10.1 Å². The Morgan fingerprint density at radius 2 is 2.22 bits per heavy atom. The van der Waals surface area contributed by atoms with E-state index in [9.17, 15) is 0 Å². The fourth-order valence-electron chi connectivity index (χ4n) is 1.91. The molecule has 0 spiro atoms. The van der Waals surface area contributed by atoms with Gasteiger partial charge < -0.3 is 14.6 Å². The summed E-state index contributed by atoms with van der Waals surface area (Å²) in [4.78, 5) is 0. The fourth-order valence-corrected chi connectivity index (χ4v) is 1.91. The molecule has 0 radical (unpaired) electrons. The minimum absolute atomic E-state index is 0.677. The van der Waals surface area contributed by atoms with Gasteiger partial charge in [0.15, 0.2) is 5.76 Å². The molecular formula is C14H16N2O2. The van der Waals surface area contributed by atoms with Gasteiger partial charge in [-0.2, -0.15) is 0 Å². The van der Waals surface area contributed by atoms with E-state index in [-0.39, 0.29) is 0 Å². The number of rotatable bonds is 5. The molecule has 94 valence electrons. The first-order chi connectivity index (χ1) is 8.86. The Hall–Kier alpha value is -1.81. The van der Waals surface area contributed by atoms with Crippen molar-refractivity contribution in [3.63, 3.8) is 0 Å². The molecule has 4 nitrogen and oxygen atoms in total. The summed E-state index contributed by atoms with van der Waals surface area (Å²) in [6.07, 6.45) is 2.55. The van der Waals surface area contributed by atoms with Gasteiger partial charge >= 0.3 is 0 Å². The second-order valence-electron chi connectivity index (χ2n) is 4.54. The molecule has 0 saturated heterocycles. The number of hydrogen-bond donors (Lipinski definition) is 1. The van der Waals surface area contributed by atoms with E-state index in [2.05, 4.69) is 10.5 Å². The molecule has 0 atom stereocenters. The second-order valence-corrected chi connectivity index (χ2v) is 4.54. The molecule has 1 saturated carbocycles. The zero-order valence-electron chi connectivity index (χ0n) is 10.3. The molecule has 2 aromatic rings. The number of ether oxygens (including phenoxy) is 1. The molecule has 1 aromatic heterocycles. The maximum Gasteiger partial charge on any atom is 0.170 e. The van der Waals surface area contributed by atoms with Crippen LogP contribution in [0.4, 0.5) is 0 Å². The molecule has 1 aromatic carbocycles. The zero-order chi connectivity index (χ0) is 12.4. The number of para-hydroxylation sites is 1. The van der Waals surface area contributed by atoms with Gasteiger partial charge in [-0.25, -0.2) is 0 Å². The number of methoxy groups -OCH3 is 1. The van der Waals surface area contributed by atoms with Crippen molar-refractivity contribution in [2.75, 3.05) is 7.11 Å². The molecule has 1 N–H and O–H groups in total. The summed E-state index contributed by atoms with van der Waals surface area (Å²) in [6, 6.07) is 10.4. The monoisotopic (exact) mass is 244 g/mol. The van der Waals surface area contributed by atoms with E-state index < -0.39 is 0 Å². The summed E-state index contributed by atoms with van der Waals surface area (Å²) < 4.78 is 10.7. The van der Waals surface area contributed by atoms with E-state index in [0.717, 1.165) is 29.3 Å². The molecule has 0 bridgehead atoms. The van der Waals surface area contributed by atoms with Crippen LogP contribution in [0.15, 0.2) is 34.9 Å². The van der Waals surface area contributed by atoms with Crippen LogP contribution >= 0.6 is 0 Å². The van der Waals surface area contributed by atoms with Crippen molar-refractivity contribution in [1.29, 1.82) is 0 Å². The van der Waals surface area contributed by atoms with Crippen LogP contribution in [-0.4, -0.2) is 18.3 Å². The minimum Gasteiger partial charge on any atom is -0.496 e. The van der Waals surface area contributed by atoms with Crippen molar-refractivity contribution in [1.82, 2.24) is 10.5 Å². The van der Waals surface area contributed by atoms with E-state index in [1.54, 1.807) is 7.11 Å². The summed E-state index contributed by atoms with van der Waals surface area (Å²) in [6.45, 7) is 0.767. The van der Waals surface area contributed by atoms with E-state index >= 15 is 0 Å². The smallest absolute Gasteiger partial charge is 0.170 e. The predicted octanol–water partition coefficient (Wildman–Crippen LogP) is 2.60. The Bertz CT molecular complexity index is 532. The van der Waals surface area contributed by atoms with Crippen molar-refractivity contribution >= 4 is 0 Å². The van der Waals surface area contributed by atoms with Gasteiger partial charge in [0, 0.05) is 18.7 Å². The van der Waals surface area contributed by atoms with Gasteiger partial charge in [0.25, 0.3) is 0 Å². The zero-order valence-corrected chi connectivity index (χ0v) is 10.3. The first-order valence-electron chi connectivity index (χ1n) is 6.19. The highest BCUT2D eigenvalue weighted by atomic mass is 16.5. The quantitative estimate of drug-likeness (QED) is 0.878. The van der Waals surface area contributed by atoms with Crippen LogP contribution in [0.1, 0.15) is 18.5 Å². The number of nitrogens with one attached hydrogen (secondary N) is 1. The molecular weight excluding hydrogens is 228 g/mol. The maximum atomic E-state index is 5.38. The number of aromatic nitrogens is 1. The highest BCUT2D eigenvalue weighted by Gasteiger charge is 2.21. The molecule has 1 aliphatic rings. The Morgan fingerprint density at radius 1 is 1.39 bits per heavy atom. The summed E-state index contributed by atoms with van der Waals surface area (Å²) in [7, 11) is 1.66. The van der Waals surface area contributed by atoms with Crippen LogP contribution in [0.5, 0.6) is 5.75 Å². The molecule has 1 aliphatic carbocycles. The lowest BCUT2D eigenvalue weighted by atomic mass is 10.1. The van der Waals surface area contributed by atoms with Crippen molar-refractivity contribution in [3.05, 3.63) is 36.0 Å². The third-order valence-electron chi connectivity index (χ3n) is 3.08. The van der Waals surface area contributed by atoms with Gasteiger partial charge in [0.1, 0.15) is 5.75 Å². The van der Waals surface area contributed by atoms with Crippen molar-refractivity contribution in [2.45, 2.75) is 25.4 Å². The Kier molecular flexibility index (Phi) is 3.02. The van der Waals surface area contributed by atoms with Crippen molar-refractivity contribution in [3.8, 4) is 17.1 Å². The lowest BCUT2D eigenvalue weighted by molar-refractivity contribution is 0.402. The normalized spacial score (nSPS) is 14.7. The first-order valence-corrected chi connectivity index (χ1v) is 6.19. The van der Waals surface area contributed by atoms with E-state index in [1.165, 1.54) is 12.8 Å². The number of nitrogens with zero attached hydrogens (tertiary/aromatic N) is 1. The third-order valence-corrected chi connectivity index (χ3v) is 3.08. The van der Waals surface area contributed by atoms with Crippen LogP contribution in [0.3, 0.4) is 0 Å². The lowest BCUT2D eigenvalue weighted by Gasteiger charge is -2.03. The fraction of sp³-hybridized carbons (Fsp3) is 0.357. The van der Waals surface area contributed by atoms with Gasteiger partial charge in [-0.3, -0.25) is 0 Å². The van der Waals surface area contributed by atoms with Crippen LogP contribution in [-0.2, 0) is 6.54 Å². The standard InChI is InChI=1S/C14H16N2O2/c1-17-13-5-3-2-4-12(13)14-8-11(16-18-14)9-15-10-6-7-10/h2-5,8,10,15H,6-7,9H2,1H3. The first kappa shape index (κ1) is 11.3. The van der Waals surface area contributed by atoms with Crippen LogP contribution in [0, 0.1) is 0 Å². The molecule has 4 heteroatoms. The lowest BCUT2D eigenvalue weighted by Crippen LogP contribution is -2.15. The highest BCUT2D eigenvalue weighted by Crippen LogP contribution is 2.30. The summed E-state index contributed by atoms with van der Waals surface area (Å²) in [5.41, 5.74) is 1.87. The van der Waals surface area contributed by atoms with Gasteiger partial charge in [0.05, 0.1) is 18.4 Å². The average Bonchev–Trinajstić information content (AvgIpc) is 3.13. The SMILES string of the molecule is COc1ccccc1-c1cc(CNC2CC2)no1. The van der Waals surface area contributed by atoms with Gasteiger partial charge in [-0.1, -0.05) is 17.3 Å². The molecule has 0 aliphatic heterocycles. The molecule has 1 fully saturated rings. The second kappa shape index (κ2) is 4.82. The predicted molar refractivity (Wildman–Crippen MR) is 68.4 cm³/mol. The maximum absolute atomic E-state index is 5.38. The molecule has 0 unspecified atom stereocenters. The molecule has 3 rings (SSSR count). The third kappa shape index (κ3) is 2.38. The van der Waals surface area contributed by atoms with Crippen LogP contribution in [0.25, 0.3) is 11.3 Å².